The molecule has 7 nitrogen and oxygen atoms in total. The summed E-state index contributed by atoms with van der Waals surface area (Å²) in [7, 11) is -1.89. The number of ether oxygens (including phenoxy) is 1. The smallest absolute Gasteiger partial charge is 0.192 e. The molecule has 1 atom stereocenters. The number of methoxy groups -OCH3 is 1. The van der Waals surface area contributed by atoms with Crippen LogP contribution in [-0.2, 0) is 14.6 Å². The summed E-state index contributed by atoms with van der Waals surface area (Å²) in [6.07, 6.45) is 7.60. The lowest BCUT2D eigenvalue weighted by atomic mass is 10.0. The fraction of sp³-hybridized carbons (Fsp3) is 0.267. The SMILES string of the molecule is COC1(Cl)CC=NC=C1c1c(Cl)ncn1-c1ccc(S(C)(=O)=O)nc1. The fourth-order valence-corrected chi connectivity index (χ4v) is 3.44. The van der Waals surface area contributed by atoms with Crippen molar-refractivity contribution in [3.63, 3.8) is 0 Å². The number of pyridine rings is 1. The van der Waals surface area contributed by atoms with E-state index in [9.17, 15) is 8.42 Å². The third-order valence-electron chi connectivity index (χ3n) is 3.75. The highest BCUT2D eigenvalue weighted by atomic mass is 35.5. The number of aliphatic imine (C=N–C) groups is 1. The highest BCUT2D eigenvalue weighted by Crippen LogP contribution is 2.41. The molecule has 2 aromatic rings. The maximum absolute atomic E-state index is 11.6. The number of nitrogens with zero attached hydrogens (tertiary/aromatic N) is 4. The number of aromatic nitrogens is 3. The monoisotopic (exact) mass is 400 g/mol. The summed E-state index contributed by atoms with van der Waals surface area (Å²) in [6, 6.07) is 3.03. The Morgan fingerprint density at radius 1 is 1.32 bits per heavy atom. The summed E-state index contributed by atoms with van der Waals surface area (Å²) < 4.78 is 30.2. The van der Waals surface area contributed by atoms with E-state index in [4.69, 9.17) is 27.9 Å². The maximum atomic E-state index is 11.6. The number of halogens is 2. The van der Waals surface area contributed by atoms with Crippen molar-refractivity contribution in [2.45, 2.75) is 16.5 Å². The second-order valence-electron chi connectivity index (χ2n) is 5.39. The number of rotatable bonds is 4. The second-order valence-corrected chi connectivity index (χ2v) is 8.32. The van der Waals surface area contributed by atoms with Crippen molar-refractivity contribution < 1.29 is 13.2 Å². The van der Waals surface area contributed by atoms with Gasteiger partial charge in [-0.15, -0.1) is 0 Å². The Bertz CT molecular complexity index is 967. The molecule has 0 N–H and O–H groups in total. The van der Waals surface area contributed by atoms with Crippen molar-refractivity contribution in [3.8, 4) is 5.69 Å². The van der Waals surface area contributed by atoms with Gasteiger partial charge in [0.15, 0.2) is 25.1 Å². The summed E-state index contributed by atoms with van der Waals surface area (Å²) >= 11 is 12.8. The third kappa shape index (κ3) is 3.35. The lowest BCUT2D eigenvalue weighted by molar-refractivity contribution is 0.118. The molecule has 0 aromatic carbocycles. The summed E-state index contributed by atoms with van der Waals surface area (Å²) in [5.74, 6) is 0. The Balaban J connectivity index is 2.12. The van der Waals surface area contributed by atoms with E-state index in [-0.39, 0.29) is 10.2 Å². The van der Waals surface area contributed by atoms with Gasteiger partial charge >= 0.3 is 0 Å². The van der Waals surface area contributed by atoms with E-state index < -0.39 is 14.9 Å². The predicted molar refractivity (Wildman–Crippen MR) is 96.2 cm³/mol. The van der Waals surface area contributed by atoms with Gasteiger partial charge in [0.05, 0.1) is 17.6 Å². The van der Waals surface area contributed by atoms with Crippen LogP contribution in [0, 0.1) is 0 Å². The molecule has 0 saturated carbocycles. The van der Waals surface area contributed by atoms with E-state index in [0.29, 0.717) is 23.4 Å². The molecule has 0 radical (unpaired) electrons. The van der Waals surface area contributed by atoms with E-state index in [0.717, 1.165) is 6.26 Å². The number of alkyl halides is 1. The molecule has 1 aliphatic rings. The standard InChI is InChI=1S/C15H14Cl2N4O3S/c1-24-15(17)5-6-18-8-11(15)13-14(16)20-9-21(13)10-3-4-12(19-7-10)25(2,22)23/h3-4,6-9H,5H2,1-2H3. The largest absolute Gasteiger partial charge is 0.358 e. The van der Waals surface area contributed by atoms with E-state index in [1.165, 1.54) is 25.7 Å². The van der Waals surface area contributed by atoms with Crippen molar-refractivity contribution >= 4 is 44.8 Å². The molecule has 3 rings (SSSR count). The molecule has 132 valence electrons. The Hall–Kier alpha value is -1.74. The fourth-order valence-electron chi connectivity index (χ4n) is 2.43. The molecule has 1 aliphatic heterocycles. The molecule has 0 fully saturated rings. The number of imidazole rings is 1. The van der Waals surface area contributed by atoms with Gasteiger partial charge in [-0.1, -0.05) is 23.2 Å². The topological polar surface area (TPSA) is 86.4 Å². The number of hydrogen-bond donors (Lipinski definition) is 0. The molecule has 25 heavy (non-hydrogen) atoms. The van der Waals surface area contributed by atoms with E-state index in [1.807, 2.05) is 0 Å². The van der Waals surface area contributed by atoms with Gasteiger partial charge < -0.3 is 4.74 Å². The Morgan fingerprint density at radius 2 is 2.08 bits per heavy atom. The molecule has 0 aliphatic carbocycles. The first-order valence-corrected chi connectivity index (χ1v) is 9.77. The molecule has 10 heteroatoms. The number of hydrogen-bond acceptors (Lipinski definition) is 6. The predicted octanol–water partition coefficient (Wildman–Crippen LogP) is 2.72. The molecular formula is C15H14Cl2N4O3S. The Morgan fingerprint density at radius 3 is 2.68 bits per heavy atom. The van der Waals surface area contributed by atoms with Gasteiger partial charge in [-0.05, 0) is 12.1 Å². The molecule has 1 unspecified atom stereocenters. The second kappa shape index (κ2) is 6.53. The third-order valence-corrected chi connectivity index (χ3v) is 5.54. The molecular weight excluding hydrogens is 387 g/mol. The molecule has 0 amide bonds. The van der Waals surface area contributed by atoms with E-state index >= 15 is 0 Å². The molecule has 2 aromatic heterocycles. The van der Waals surface area contributed by atoms with Gasteiger partial charge in [0.25, 0.3) is 0 Å². The first-order chi connectivity index (χ1) is 11.8. The van der Waals surface area contributed by atoms with Gasteiger partial charge in [-0.2, -0.15) is 0 Å². The van der Waals surface area contributed by atoms with Crippen LogP contribution in [0.15, 0.2) is 40.9 Å². The quantitative estimate of drug-likeness (QED) is 0.736. The van der Waals surface area contributed by atoms with Crippen LogP contribution in [0.3, 0.4) is 0 Å². The zero-order valence-electron chi connectivity index (χ0n) is 13.3. The first kappa shape index (κ1) is 18.1. The van der Waals surface area contributed by atoms with Crippen molar-refractivity contribution in [1.82, 2.24) is 14.5 Å². The molecule has 0 saturated heterocycles. The van der Waals surface area contributed by atoms with Gasteiger partial charge in [0, 0.05) is 37.8 Å². The van der Waals surface area contributed by atoms with Crippen LogP contribution in [-0.4, -0.2) is 47.6 Å². The lowest BCUT2D eigenvalue weighted by Gasteiger charge is -2.29. The van der Waals surface area contributed by atoms with Crippen molar-refractivity contribution in [2.24, 2.45) is 4.99 Å². The van der Waals surface area contributed by atoms with Gasteiger partial charge in [0.1, 0.15) is 6.33 Å². The van der Waals surface area contributed by atoms with Crippen molar-refractivity contribution in [2.75, 3.05) is 13.4 Å². The Labute approximate surface area is 154 Å². The zero-order chi connectivity index (χ0) is 18.2. The normalized spacial score (nSPS) is 20.6. The molecule has 3 heterocycles. The van der Waals surface area contributed by atoms with Crippen LogP contribution in [0.2, 0.25) is 5.15 Å². The highest BCUT2D eigenvalue weighted by molar-refractivity contribution is 7.90. The van der Waals surface area contributed by atoms with Gasteiger partial charge in [-0.3, -0.25) is 9.56 Å². The molecule has 0 spiro atoms. The minimum Gasteiger partial charge on any atom is -0.358 e. The summed E-state index contributed by atoms with van der Waals surface area (Å²) in [4.78, 5) is 12.2. The van der Waals surface area contributed by atoms with Crippen LogP contribution in [0.5, 0.6) is 0 Å². The first-order valence-electron chi connectivity index (χ1n) is 7.12. The van der Waals surface area contributed by atoms with Gasteiger partial charge in [-0.25, -0.2) is 18.4 Å². The molecule has 0 bridgehead atoms. The lowest BCUT2D eigenvalue weighted by Crippen LogP contribution is -2.29. The Kier molecular flexibility index (Phi) is 4.72. The van der Waals surface area contributed by atoms with Crippen LogP contribution in [0.1, 0.15) is 12.1 Å². The minimum atomic E-state index is -3.38. The maximum Gasteiger partial charge on any atom is 0.192 e. The van der Waals surface area contributed by atoms with Gasteiger partial charge in [0.2, 0.25) is 0 Å². The summed E-state index contributed by atoms with van der Waals surface area (Å²) in [6.45, 7) is 0. The number of sulfone groups is 1. The average Bonchev–Trinajstić information content (AvgIpc) is 2.96. The minimum absolute atomic E-state index is 0.0194. The van der Waals surface area contributed by atoms with Crippen LogP contribution >= 0.6 is 23.2 Å². The van der Waals surface area contributed by atoms with Crippen molar-refractivity contribution in [3.05, 3.63) is 41.7 Å². The summed E-state index contributed by atoms with van der Waals surface area (Å²) in [5.41, 5.74) is 1.63. The van der Waals surface area contributed by atoms with Crippen LogP contribution in [0.4, 0.5) is 0 Å². The van der Waals surface area contributed by atoms with Crippen LogP contribution in [0.25, 0.3) is 11.3 Å². The van der Waals surface area contributed by atoms with Crippen molar-refractivity contribution in [1.29, 1.82) is 0 Å². The average molecular weight is 401 g/mol. The van der Waals surface area contributed by atoms with Crippen LogP contribution < -0.4 is 0 Å². The highest BCUT2D eigenvalue weighted by Gasteiger charge is 2.37. The summed E-state index contributed by atoms with van der Waals surface area (Å²) in [5, 5.41) is -0.921. The van der Waals surface area contributed by atoms with E-state index in [1.54, 1.807) is 23.0 Å². The van der Waals surface area contributed by atoms with E-state index in [2.05, 4.69) is 15.0 Å². The zero-order valence-corrected chi connectivity index (χ0v) is 15.7.